The summed E-state index contributed by atoms with van der Waals surface area (Å²) in [4.78, 5) is 17.1. The zero-order chi connectivity index (χ0) is 18.5. The Kier molecular flexibility index (Phi) is 5.12. The lowest BCUT2D eigenvalue weighted by atomic mass is 10.1. The SMILES string of the molecule is COc1ccc(C/C(N)=N\OC(=O)c2cc(OC)c3c(c2)OCO3)cc1. The number of nitrogens with two attached hydrogens (primary N) is 1. The van der Waals surface area contributed by atoms with Gasteiger partial charge in [-0.2, -0.15) is 0 Å². The Hall–Kier alpha value is -3.42. The van der Waals surface area contributed by atoms with Crippen LogP contribution >= 0.6 is 0 Å². The molecule has 0 saturated heterocycles. The molecule has 2 aromatic carbocycles. The number of carbonyl (C=O) groups excluding carboxylic acids is 1. The fraction of sp³-hybridized carbons (Fsp3) is 0.222. The summed E-state index contributed by atoms with van der Waals surface area (Å²) in [6.45, 7) is 0.0666. The average molecular weight is 358 g/mol. The third kappa shape index (κ3) is 3.80. The summed E-state index contributed by atoms with van der Waals surface area (Å²) in [5, 5.41) is 3.69. The van der Waals surface area contributed by atoms with Crippen LogP contribution in [0.1, 0.15) is 15.9 Å². The average Bonchev–Trinajstić information content (AvgIpc) is 3.14. The molecule has 3 rings (SSSR count). The highest BCUT2D eigenvalue weighted by molar-refractivity contribution is 5.92. The van der Waals surface area contributed by atoms with Crippen LogP contribution in [0.3, 0.4) is 0 Å². The van der Waals surface area contributed by atoms with Crippen molar-refractivity contribution >= 4 is 11.8 Å². The minimum absolute atomic E-state index is 0.0666. The van der Waals surface area contributed by atoms with E-state index in [-0.39, 0.29) is 18.2 Å². The largest absolute Gasteiger partial charge is 0.497 e. The molecule has 0 bridgehead atoms. The number of methoxy groups -OCH3 is 2. The maximum atomic E-state index is 12.2. The molecule has 0 saturated carbocycles. The van der Waals surface area contributed by atoms with Crippen molar-refractivity contribution in [1.82, 2.24) is 0 Å². The van der Waals surface area contributed by atoms with Gasteiger partial charge in [-0.1, -0.05) is 17.3 Å². The fourth-order valence-electron chi connectivity index (χ4n) is 2.39. The van der Waals surface area contributed by atoms with Gasteiger partial charge in [0.25, 0.3) is 0 Å². The standard InChI is InChI=1S/C18H18N2O6/c1-22-13-5-3-11(4-6-13)7-16(19)20-26-18(21)12-8-14(23-2)17-15(9-12)24-10-25-17/h3-6,8-9H,7,10H2,1-2H3,(H2,19,20). The number of oxime groups is 1. The molecule has 1 aliphatic heterocycles. The summed E-state index contributed by atoms with van der Waals surface area (Å²) in [5.41, 5.74) is 6.95. The molecule has 1 aliphatic rings. The van der Waals surface area contributed by atoms with E-state index in [1.54, 1.807) is 7.11 Å². The molecule has 0 aromatic heterocycles. The van der Waals surface area contributed by atoms with E-state index in [1.807, 2.05) is 24.3 Å². The minimum atomic E-state index is -0.681. The van der Waals surface area contributed by atoms with E-state index in [1.165, 1.54) is 19.2 Å². The minimum Gasteiger partial charge on any atom is -0.497 e. The van der Waals surface area contributed by atoms with Gasteiger partial charge in [-0.15, -0.1) is 0 Å². The highest BCUT2D eigenvalue weighted by atomic mass is 16.7. The molecule has 1 heterocycles. The number of nitrogens with zero attached hydrogens (tertiary/aromatic N) is 1. The number of amidine groups is 1. The van der Waals surface area contributed by atoms with Gasteiger partial charge in [-0.05, 0) is 29.8 Å². The van der Waals surface area contributed by atoms with Gasteiger partial charge in [0.1, 0.15) is 11.6 Å². The quantitative estimate of drug-likeness (QED) is 0.365. The highest BCUT2D eigenvalue weighted by Gasteiger charge is 2.23. The van der Waals surface area contributed by atoms with E-state index < -0.39 is 5.97 Å². The van der Waals surface area contributed by atoms with E-state index >= 15 is 0 Å². The Morgan fingerprint density at radius 3 is 2.62 bits per heavy atom. The van der Waals surface area contributed by atoms with Crippen molar-refractivity contribution in [2.45, 2.75) is 6.42 Å². The van der Waals surface area contributed by atoms with Gasteiger partial charge in [-0.25, -0.2) is 4.79 Å². The van der Waals surface area contributed by atoms with Crippen molar-refractivity contribution < 1.29 is 28.6 Å². The van der Waals surface area contributed by atoms with E-state index in [9.17, 15) is 4.79 Å². The predicted octanol–water partition coefficient (Wildman–Crippen LogP) is 2.10. The number of hydrogen-bond donors (Lipinski definition) is 1. The molecule has 2 N–H and O–H groups in total. The monoisotopic (exact) mass is 358 g/mol. The van der Waals surface area contributed by atoms with Crippen LogP contribution in [0.5, 0.6) is 23.0 Å². The molecule has 0 fully saturated rings. The first-order chi connectivity index (χ1) is 12.6. The molecule has 8 nitrogen and oxygen atoms in total. The molecule has 0 unspecified atom stereocenters. The van der Waals surface area contributed by atoms with Crippen LogP contribution in [0, 0.1) is 0 Å². The molecule has 8 heteroatoms. The summed E-state index contributed by atoms with van der Waals surface area (Å²) < 4.78 is 20.8. The van der Waals surface area contributed by atoms with E-state index in [0.29, 0.717) is 23.7 Å². The van der Waals surface area contributed by atoms with Gasteiger partial charge < -0.3 is 29.5 Å². The maximum Gasteiger partial charge on any atom is 0.366 e. The predicted molar refractivity (Wildman–Crippen MR) is 92.9 cm³/mol. The van der Waals surface area contributed by atoms with Gasteiger partial charge in [0.05, 0.1) is 19.8 Å². The lowest BCUT2D eigenvalue weighted by Gasteiger charge is -2.07. The smallest absolute Gasteiger partial charge is 0.366 e. The van der Waals surface area contributed by atoms with Crippen LogP contribution in [-0.2, 0) is 11.3 Å². The highest BCUT2D eigenvalue weighted by Crippen LogP contribution is 2.41. The van der Waals surface area contributed by atoms with Crippen molar-refractivity contribution in [1.29, 1.82) is 0 Å². The van der Waals surface area contributed by atoms with E-state index in [2.05, 4.69) is 5.16 Å². The number of ether oxygens (including phenoxy) is 4. The van der Waals surface area contributed by atoms with Gasteiger partial charge in [0.2, 0.25) is 12.5 Å². The van der Waals surface area contributed by atoms with Gasteiger partial charge in [0.15, 0.2) is 11.5 Å². The molecule has 136 valence electrons. The van der Waals surface area contributed by atoms with Crippen molar-refractivity contribution in [2.24, 2.45) is 10.9 Å². The summed E-state index contributed by atoms with van der Waals surface area (Å²) in [5.74, 6) is 1.46. The molecular formula is C18H18N2O6. The first kappa shape index (κ1) is 17.4. The zero-order valence-electron chi connectivity index (χ0n) is 14.4. The summed E-state index contributed by atoms with van der Waals surface area (Å²) in [6.07, 6.45) is 0.335. The lowest BCUT2D eigenvalue weighted by Crippen LogP contribution is -2.16. The second-order valence-electron chi connectivity index (χ2n) is 5.40. The first-order valence-electron chi connectivity index (χ1n) is 7.75. The van der Waals surface area contributed by atoms with Crippen molar-refractivity contribution in [3.63, 3.8) is 0 Å². The number of hydrogen-bond acceptors (Lipinski definition) is 7. The van der Waals surface area contributed by atoms with Crippen LogP contribution in [0.2, 0.25) is 0 Å². The molecule has 0 spiro atoms. The Morgan fingerprint density at radius 1 is 1.15 bits per heavy atom. The van der Waals surface area contributed by atoms with E-state index in [0.717, 1.165) is 11.3 Å². The Labute approximate surface area is 150 Å². The van der Waals surface area contributed by atoms with Gasteiger partial charge >= 0.3 is 5.97 Å². The Bertz CT molecular complexity index is 832. The third-order valence-corrected chi connectivity index (χ3v) is 3.68. The molecule has 2 aromatic rings. The van der Waals surface area contributed by atoms with Crippen LogP contribution < -0.4 is 24.7 Å². The second kappa shape index (κ2) is 7.64. The number of benzene rings is 2. The fourth-order valence-corrected chi connectivity index (χ4v) is 2.39. The number of fused-ring (bicyclic) bond motifs is 1. The molecule has 0 radical (unpaired) electrons. The van der Waals surface area contributed by atoms with Gasteiger partial charge in [-0.3, -0.25) is 0 Å². The third-order valence-electron chi connectivity index (χ3n) is 3.68. The summed E-state index contributed by atoms with van der Waals surface area (Å²) >= 11 is 0. The van der Waals surface area contributed by atoms with Crippen molar-refractivity contribution in [3.8, 4) is 23.0 Å². The number of rotatable bonds is 6. The van der Waals surface area contributed by atoms with E-state index in [4.69, 9.17) is 29.5 Å². The van der Waals surface area contributed by atoms with Crippen LogP contribution in [0.4, 0.5) is 0 Å². The molecule has 26 heavy (non-hydrogen) atoms. The Morgan fingerprint density at radius 2 is 1.92 bits per heavy atom. The lowest BCUT2D eigenvalue weighted by molar-refractivity contribution is 0.0514. The normalized spacial score (nSPS) is 12.6. The van der Waals surface area contributed by atoms with Crippen molar-refractivity contribution in [3.05, 3.63) is 47.5 Å². The Balaban J connectivity index is 1.66. The maximum absolute atomic E-state index is 12.2. The van der Waals surface area contributed by atoms with Crippen LogP contribution in [0.25, 0.3) is 0 Å². The van der Waals surface area contributed by atoms with Crippen molar-refractivity contribution in [2.75, 3.05) is 21.0 Å². The molecule has 0 atom stereocenters. The molecule has 0 amide bonds. The van der Waals surface area contributed by atoms with Crippen LogP contribution in [-0.4, -0.2) is 32.8 Å². The second-order valence-corrected chi connectivity index (χ2v) is 5.40. The zero-order valence-corrected chi connectivity index (χ0v) is 14.4. The summed E-state index contributed by atoms with van der Waals surface area (Å²) in [7, 11) is 3.06. The topological polar surface area (TPSA) is 102 Å². The first-order valence-corrected chi connectivity index (χ1v) is 7.75. The molecule has 0 aliphatic carbocycles. The van der Waals surface area contributed by atoms with Gasteiger partial charge in [0, 0.05) is 6.42 Å². The number of carbonyl (C=O) groups is 1. The van der Waals surface area contributed by atoms with Crippen LogP contribution in [0.15, 0.2) is 41.6 Å². The summed E-state index contributed by atoms with van der Waals surface area (Å²) in [6, 6.07) is 10.3. The molecular weight excluding hydrogens is 340 g/mol.